The highest BCUT2D eigenvalue weighted by Crippen LogP contribution is 2.35. The molecular weight excluding hydrogens is 326 g/mol. The molecule has 0 amide bonds. The zero-order valence-corrected chi connectivity index (χ0v) is 15.8. The molecule has 136 valence electrons. The van der Waals surface area contributed by atoms with E-state index in [4.69, 9.17) is 9.47 Å². The summed E-state index contributed by atoms with van der Waals surface area (Å²) in [4.78, 5) is 8.80. The van der Waals surface area contributed by atoms with Crippen LogP contribution in [0.2, 0.25) is 0 Å². The summed E-state index contributed by atoms with van der Waals surface area (Å²) in [6.45, 7) is 7.00. The van der Waals surface area contributed by atoms with Gasteiger partial charge in [-0.1, -0.05) is 19.4 Å². The van der Waals surface area contributed by atoms with E-state index in [9.17, 15) is 0 Å². The highest BCUT2D eigenvalue weighted by Gasteiger charge is 2.12. The molecule has 3 rings (SSSR count). The smallest absolute Gasteiger partial charge is 0.162 e. The first-order chi connectivity index (χ1) is 12.6. The molecule has 1 heterocycles. The normalized spacial score (nSPS) is 10.8. The summed E-state index contributed by atoms with van der Waals surface area (Å²) in [5, 5.41) is 4.30. The minimum absolute atomic E-state index is 0.659. The Labute approximate surface area is 154 Å². The second-order valence-corrected chi connectivity index (χ2v) is 6.37. The molecule has 0 fully saturated rings. The molecule has 0 aliphatic heterocycles. The number of unbranched alkanes of at least 4 members (excludes halogenated alkanes) is 1. The maximum atomic E-state index is 5.91. The molecule has 0 aliphatic rings. The number of hydrogen-bond acceptors (Lipinski definition) is 5. The standard InChI is InChI=1S/C21H25N3O2/c1-5-6-9-26-20-11-17-18(12-19(20)25-4)22-13-23-21(17)24-16-8-7-14(2)15(3)10-16/h7-8,10-13H,5-6,9H2,1-4H3,(H,22,23,24). The van der Waals surface area contributed by atoms with Gasteiger partial charge in [0, 0.05) is 17.1 Å². The average Bonchev–Trinajstić information content (AvgIpc) is 2.65. The van der Waals surface area contributed by atoms with Gasteiger partial charge < -0.3 is 14.8 Å². The largest absolute Gasteiger partial charge is 0.493 e. The molecule has 1 N–H and O–H groups in total. The van der Waals surface area contributed by atoms with E-state index < -0.39 is 0 Å². The molecular formula is C21H25N3O2. The monoisotopic (exact) mass is 351 g/mol. The van der Waals surface area contributed by atoms with Gasteiger partial charge in [0.2, 0.25) is 0 Å². The highest BCUT2D eigenvalue weighted by molar-refractivity contribution is 5.93. The first-order valence-electron chi connectivity index (χ1n) is 8.92. The number of methoxy groups -OCH3 is 1. The number of fused-ring (bicyclic) bond motifs is 1. The second kappa shape index (κ2) is 8.04. The number of benzene rings is 2. The maximum absolute atomic E-state index is 5.91. The number of ether oxygens (including phenoxy) is 2. The molecule has 1 aromatic heterocycles. The van der Waals surface area contributed by atoms with Crippen LogP contribution < -0.4 is 14.8 Å². The molecule has 3 aromatic rings. The Kier molecular flexibility index (Phi) is 5.56. The lowest BCUT2D eigenvalue weighted by Gasteiger charge is -2.14. The molecule has 0 saturated carbocycles. The van der Waals surface area contributed by atoms with E-state index >= 15 is 0 Å². The van der Waals surface area contributed by atoms with Gasteiger partial charge in [0.05, 0.1) is 19.2 Å². The van der Waals surface area contributed by atoms with Crippen LogP contribution in [-0.4, -0.2) is 23.7 Å². The van der Waals surface area contributed by atoms with Crippen LogP contribution in [0.25, 0.3) is 10.9 Å². The van der Waals surface area contributed by atoms with Gasteiger partial charge in [-0.2, -0.15) is 0 Å². The van der Waals surface area contributed by atoms with Crippen molar-refractivity contribution in [3.8, 4) is 11.5 Å². The van der Waals surface area contributed by atoms with Crippen LogP contribution in [0.5, 0.6) is 11.5 Å². The molecule has 0 spiro atoms. The zero-order chi connectivity index (χ0) is 18.5. The summed E-state index contributed by atoms with van der Waals surface area (Å²) < 4.78 is 11.4. The number of aromatic nitrogens is 2. The Morgan fingerprint density at radius 2 is 1.85 bits per heavy atom. The number of rotatable bonds is 7. The van der Waals surface area contributed by atoms with Crippen molar-refractivity contribution in [3.05, 3.63) is 47.8 Å². The Morgan fingerprint density at radius 1 is 1.00 bits per heavy atom. The topological polar surface area (TPSA) is 56.3 Å². The summed E-state index contributed by atoms with van der Waals surface area (Å²) in [7, 11) is 1.64. The van der Waals surface area contributed by atoms with Crippen molar-refractivity contribution < 1.29 is 9.47 Å². The van der Waals surface area contributed by atoms with Gasteiger partial charge in [0.15, 0.2) is 11.5 Å². The molecule has 0 radical (unpaired) electrons. The lowest BCUT2D eigenvalue weighted by molar-refractivity contribution is 0.289. The van der Waals surface area contributed by atoms with Crippen molar-refractivity contribution in [1.82, 2.24) is 9.97 Å². The fraction of sp³-hybridized carbons (Fsp3) is 0.333. The van der Waals surface area contributed by atoms with Crippen molar-refractivity contribution in [2.24, 2.45) is 0 Å². The fourth-order valence-corrected chi connectivity index (χ4v) is 2.72. The van der Waals surface area contributed by atoms with Crippen LogP contribution in [-0.2, 0) is 0 Å². The van der Waals surface area contributed by atoms with Crippen molar-refractivity contribution >= 4 is 22.4 Å². The first-order valence-corrected chi connectivity index (χ1v) is 8.92. The Bertz CT molecular complexity index is 909. The maximum Gasteiger partial charge on any atom is 0.162 e. The minimum atomic E-state index is 0.659. The van der Waals surface area contributed by atoms with Gasteiger partial charge in [-0.25, -0.2) is 9.97 Å². The van der Waals surface area contributed by atoms with E-state index in [1.807, 2.05) is 12.1 Å². The molecule has 0 atom stereocenters. The van der Waals surface area contributed by atoms with Crippen molar-refractivity contribution in [2.75, 3.05) is 19.0 Å². The predicted octanol–water partition coefficient (Wildman–Crippen LogP) is 5.18. The predicted molar refractivity (Wildman–Crippen MR) is 106 cm³/mol. The van der Waals surface area contributed by atoms with Crippen LogP contribution in [0.4, 0.5) is 11.5 Å². The zero-order valence-electron chi connectivity index (χ0n) is 15.8. The molecule has 5 nitrogen and oxygen atoms in total. The first kappa shape index (κ1) is 18.0. The van der Waals surface area contributed by atoms with Crippen molar-refractivity contribution in [3.63, 3.8) is 0 Å². The third-order valence-corrected chi connectivity index (χ3v) is 4.45. The van der Waals surface area contributed by atoms with E-state index in [1.165, 1.54) is 11.1 Å². The Morgan fingerprint density at radius 3 is 2.58 bits per heavy atom. The Hall–Kier alpha value is -2.82. The fourth-order valence-electron chi connectivity index (χ4n) is 2.72. The van der Waals surface area contributed by atoms with Gasteiger partial charge >= 0.3 is 0 Å². The van der Waals surface area contributed by atoms with Crippen LogP contribution in [0.1, 0.15) is 30.9 Å². The minimum Gasteiger partial charge on any atom is -0.493 e. The summed E-state index contributed by atoms with van der Waals surface area (Å²) >= 11 is 0. The van der Waals surface area contributed by atoms with E-state index in [1.54, 1.807) is 13.4 Å². The van der Waals surface area contributed by atoms with Crippen LogP contribution in [0, 0.1) is 13.8 Å². The van der Waals surface area contributed by atoms with Gasteiger partial charge in [-0.15, -0.1) is 0 Å². The number of aryl methyl sites for hydroxylation is 2. The van der Waals surface area contributed by atoms with Crippen LogP contribution in [0.15, 0.2) is 36.7 Å². The molecule has 0 unspecified atom stereocenters. The number of nitrogens with zero attached hydrogens (tertiary/aromatic N) is 2. The molecule has 2 aromatic carbocycles. The average molecular weight is 351 g/mol. The summed E-state index contributed by atoms with van der Waals surface area (Å²) in [5.41, 5.74) is 4.31. The Balaban J connectivity index is 1.99. The molecule has 26 heavy (non-hydrogen) atoms. The van der Waals surface area contributed by atoms with Crippen molar-refractivity contribution in [1.29, 1.82) is 0 Å². The molecule has 0 bridgehead atoms. The van der Waals surface area contributed by atoms with Crippen LogP contribution >= 0.6 is 0 Å². The van der Waals surface area contributed by atoms with Gasteiger partial charge in [-0.05, 0) is 49.6 Å². The van der Waals surface area contributed by atoms with E-state index in [-0.39, 0.29) is 0 Å². The second-order valence-electron chi connectivity index (χ2n) is 6.37. The van der Waals surface area contributed by atoms with Gasteiger partial charge in [-0.3, -0.25) is 0 Å². The van der Waals surface area contributed by atoms with E-state index in [0.29, 0.717) is 18.1 Å². The molecule has 0 saturated heterocycles. The SMILES string of the molecule is CCCCOc1cc2c(Nc3ccc(C)c(C)c3)ncnc2cc1OC. The van der Waals surface area contributed by atoms with E-state index in [2.05, 4.69) is 54.3 Å². The lowest BCUT2D eigenvalue weighted by atomic mass is 10.1. The summed E-state index contributed by atoms with van der Waals surface area (Å²) in [5.74, 6) is 2.15. The quantitative estimate of drug-likeness (QED) is 0.595. The number of anilines is 2. The summed E-state index contributed by atoms with van der Waals surface area (Å²) in [6, 6.07) is 10.1. The summed E-state index contributed by atoms with van der Waals surface area (Å²) in [6.07, 6.45) is 3.64. The van der Waals surface area contributed by atoms with E-state index in [0.717, 1.165) is 35.2 Å². The highest BCUT2D eigenvalue weighted by atomic mass is 16.5. The third kappa shape index (κ3) is 3.87. The van der Waals surface area contributed by atoms with Crippen molar-refractivity contribution in [2.45, 2.75) is 33.6 Å². The molecule has 0 aliphatic carbocycles. The lowest BCUT2D eigenvalue weighted by Crippen LogP contribution is -2.01. The third-order valence-electron chi connectivity index (χ3n) is 4.45. The van der Waals surface area contributed by atoms with Gasteiger partial charge in [0.25, 0.3) is 0 Å². The van der Waals surface area contributed by atoms with Crippen LogP contribution in [0.3, 0.4) is 0 Å². The number of hydrogen-bond donors (Lipinski definition) is 1. The number of nitrogens with one attached hydrogen (secondary N) is 1. The van der Waals surface area contributed by atoms with Gasteiger partial charge in [0.1, 0.15) is 12.1 Å². The molecule has 5 heteroatoms.